The molecule has 0 bridgehead atoms. The van der Waals surface area contributed by atoms with E-state index >= 15 is 0 Å². The molecule has 0 aromatic heterocycles. The summed E-state index contributed by atoms with van der Waals surface area (Å²) in [6, 6.07) is 4.87. The molecular formula is C11H13BF3KO2. The first-order valence-electron chi connectivity index (χ1n) is 5.56. The molecule has 1 aliphatic carbocycles. The van der Waals surface area contributed by atoms with Crippen LogP contribution in [0.15, 0.2) is 24.3 Å². The van der Waals surface area contributed by atoms with Crippen LogP contribution in [0.4, 0.5) is 12.9 Å². The zero-order valence-corrected chi connectivity index (χ0v) is 13.4. The van der Waals surface area contributed by atoms with Gasteiger partial charge in [0.2, 0.25) is 0 Å². The van der Waals surface area contributed by atoms with Gasteiger partial charge in [0.05, 0.1) is 6.61 Å². The van der Waals surface area contributed by atoms with Gasteiger partial charge >= 0.3 is 58.4 Å². The molecule has 1 saturated carbocycles. The third-order valence-corrected chi connectivity index (χ3v) is 2.60. The average Bonchev–Trinajstić information content (AvgIpc) is 3.08. The molecule has 0 spiro atoms. The molecule has 0 radical (unpaired) electrons. The van der Waals surface area contributed by atoms with E-state index in [-0.39, 0.29) is 63.9 Å². The molecular weight excluding hydrogens is 271 g/mol. The van der Waals surface area contributed by atoms with Crippen LogP contribution in [0.5, 0.6) is 5.75 Å². The number of rotatable bonds is 6. The van der Waals surface area contributed by atoms with Crippen LogP contribution in [0.2, 0.25) is 0 Å². The molecule has 1 aromatic carbocycles. The molecule has 0 saturated heterocycles. The van der Waals surface area contributed by atoms with Crippen LogP contribution in [-0.2, 0) is 4.74 Å². The van der Waals surface area contributed by atoms with Crippen molar-refractivity contribution in [2.24, 2.45) is 5.92 Å². The maximum absolute atomic E-state index is 12.4. The summed E-state index contributed by atoms with van der Waals surface area (Å²) in [5.74, 6) is 0.806. The molecule has 94 valence electrons. The molecule has 1 aliphatic rings. The van der Waals surface area contributed by atoms with Crippen molar-refractivity contribution in [3.05, 3.63) is 24.3 Å². The second-order valence-electron chi connectivity index (χ2n) is 4.22. The number of hydrogen-bond acceptors (Lipinski definition) is 2. The SMILES string of the molecule is F[B-](F)(F)c1cccc(OCOCC2CC2)c1.[K+]. The Morgan fingerprint density at radius 2 is 1.94 bits per heavy atom. The van der Waals surface area contributed by atoms with Crippen LogP contribution in [0, 0.1) is 5.92 Å². The molecule has 0 heterocycles. The summed E-state index contributed by atoms with van der Waals surface area (Å²) >= 11 is 0. The fourth-order valence-corrected chi connectivity index (χ4v) is 1.42. The van der Waals surface area contributed by atoms with Gasteiger partial charge in [0, 0.05) is 0 Å². The minimum absolute atomic E-state index is 0. The zero-order valence-electron chi connectivity index (χ0n) is 10.2. The summed E-state index contributed by atoms with van der Waals surface area (Å²) < 4.78 is 47.6. The fourth-order valence-electron chi connectivity index (χ4n) is 1.42. The van der Waals surface area contributed by atoms with Gasteiger partial charge in [0.1, 0.15) is 5.75 Å². The Bertz CT molecular complexity index is 383. The second-order valence-corrected chi connectivity index (χ2v) is 4.22. The van der Waals surface area contributed by atoms with Gasteiger partial charge in [-0.05, 0) is 30.9 Å². The first-order chi connectivity index (χ1) is 8.05. The average molecular weight is 284 g/mol. The first-order valence-corrected chi connectivity index (χ1v) is 5.56. The molecule has 2 rings (SSSR count). The number of halogens is 3. The number of ether oxygens (including phenoxy) is 2. The maximum Gasteiger partial charge on any atom is 1.00 e. The maximum atomic E-state index is 12.4. The largest absolute Gasteiger partial charge is 1.00 e. The van der Waals surface area contributed by atoms with E-state index in [0.29, 0.717) is 12.5 Å². The van der Waals surface area contributed by atoms with Crippen molar-refractivity contribution in [3.8, 4) is 5.75 Å². The summed E-state index contributed by atoms with van der Waals surface area (Å²) in [5, 5.41) is 0. The monoisotopic (exact) mass is 284 g/mol. The van der Waals surface area contributed by atoms with Crippen LogP contribution in [0.3, 0.4) is 0 Å². The quantitative estimate of drug-likeness (QED) is 0.399. The Kier molecular flexibility index (Phi) is 6.71. The fraction of sp³-hybridized carbons (Fsp3) is 0.455. The van der Waals surface area contributed by atoms with Gasteiger partial charge in [-0.25, -0.2) is 0 Å². The Hall–Kier alpha value is 0.471. The third-order valence-electron chi connectivity index (χ3n) is 2.60. The van der Waals surface area contributed by atoms with Gasteiger partial charge in [-0.3, -0.25) is 0 Å². The van der Waals surface area contributed by atoms with E-state index in [1.165, 1.54) is 25.0 Å². The van der Waals surface area contributed by atoms with Gasteiger partial charge in [0.15, 0.2) is 6.79 Å². The minimum atomic E-state index is -4.97. The Morgan fingerprint density at radius 1 is 1.22 bits per heavy atom. The zero-order chi connectivity index (χ0) is 12.3. The van der Waals surface area contributed by atoms with Crippen molar-refractivity contribution in [2.45, 2.75) is 12.8 Å². The van der Waals surface area contributed by atoms with Crippen LogP contribution < -0.4 is 61.6 Å². The summed E-state index contributed by atoms with van der Waals surface area (Å²) in [6.07, 6.45) is 2.35. The Morgan fingerprint density at radius 3 is 2.56 bits per heavy atom. The molecule has 1 fully saturated rings. The minimum Gasteiger partial charge on any atom is -0.468 e. The molecule has 0 aliphatic heterocycles. The molecule has 0 atom stereocenters. The number of benzene rings is 1. The van der Waals surface area contributed by atoms with Crippen LogP contribution in [0.1, 0.15) is 12.8 Å². The predicted octanol–water partition coefficient (Wildman–Crippen LogP) is -0.492. The topological polar surface area (TPSA) is 18.5 Å². The molecule has 0 unspecified atom stereocenters. The summed E-state index contributed by atoms with van der Waals surface area (Å²) in [6.45, 7) is -4.34. The third kappa shape index (κ3) is 5.63. The van der Waals surface area contributed by atoms with Gasteiger partial charge in [0.25, 0.3) is 0 Å². The van der Waals surface area contributed by atoms with E-state index in [9.17, 15) is 12.9 Å². The van der Waals surface area contributed by atoms with E-state index < -0.39 is 12.4 Å². The molecule has 7 heteroatoms. The predicted molar refractivity (Wildman–Crippen MR) is 59.3 cm³/mol. The van der Waals surface area contributed by atoms with E-state index in [4.69, 9.17) is 9.47 Å². The van der Waals surface area contributed by atoms with Crippen LogP contribution in [0.25, 0.3) is 0 Å². The van der Waals surface area contributed by atoms with Crippen molar-refractivity contribution < 1.29 is 73.8 Å². The molecule has 0 amide bonds. The van der Waals surface area contributed by atoms with Crippen molar-refractivity contribution >= 4 is 12.4 Å². The van der Waals surface area contributed by atoms with Gasteiger partial charge < -0.3 is 22.4 Å². The molecule has 1 aromatic rings. The van der Waals surface area contributed by atoms with E-state index in [0.717, 1.165) is 12.1 Å². The van der Waals surface area contributed by atoms with Crippen molar-refractivity contribution in [1.82, 2.24) is 0 Å². The number of hydrogen-bond donors (Lipinski definition) is 0. The molecule has 0 N–H and O–H groups in total. The van der Waals surface area contributed by atoms with E-state index in [1.807, 2.05) is 0 Å². The summed E-state index contributed by atoms with van der Waals surface area (Å²) in [4.78, 5) is 0. The Labute approximate surface area is 147 Å². The van der Waals surface area contributed by atoms with E-state index in [2.05, 4.69) is 0 Å². The standard InChI is InChI=1S/C11H13BF3O2.K/c13-12(14,15)10-2-1-3-11(6-10)17-8-16-7-9-4-5-9;/h1-3,6,9H,4-5,7-8H2;/q-1;+1. The van der Waals surface area contributed by atoms with E-state index in [1.54, 1.807) is 0 Å². The first kappa shape index (κ1) is 16.5. The second kappa shape index (κ2) is 7.31. The summed E-state index contributed by atoms with van der Waals surface area (Å²) in [5.41, 5.74) is -0.648. The molecule has 2 nitrogen and oxygen atoms in total. The van der Waals surface area contributed by atoms with Crippen molar-refractivity contribution in [3.63, 3.8) is 0 Å². The van der Waals surface area contributed by atoms with Gasteiger partial charge in [-0.2, -0.15) is 0 Å². The Balaban J connectivity index is 0.00000162. The normalized spacial score (nSPS) is 15.1. The van der Waals surface area contributed by atoms with Gasteiger partial charge in [-0.15, -0.1) is 5.46 Å². The van der Waals surface area contributed by atoms with Crippen molar-refractivity contribution in [2.75, 3.05) is 13.4 Å². The van der Waals surface area contributed by atoms with Crippen LogP contribution >= 0.6 is 0 Å². The summed E-state index contributed by atoms with van der Waals surface area (Å²) in [7, 11) is 0. The van der Waals surface area contributed by atoms with Gasteiger partial charge in [-0.1, -0.05) is 12.1 Å². The smallest absolute Gasteiger partial charge is 0.468 e. The van der Waals surface area contributed by atoms with Crippen LogP contribution in [-0.4, -0.2) is 20.4 Å². The van der Waals surface area contributed by atoms with Crippen molar-refractivity contribution in [1.29, 1.82) is 0 Å². The molecule has 18 heavy (non-hydrogen) atoms.